The topological polar surface area (TPSA) is 83.1 Å². The highest BCUT2D eigenvalue weighted by Crippen LogP contribution is 2.24. The summed E-state index contributed by atoms with van der Waals surface area (Å²) in [4.78, 5) is 27.8. The van der Waals surface area contributed by atoms with Gasteiger partial charge in [-0.2, -0.15) is 0 Å². The van der Waals surface area contributed by atoms with Crippen molar-refractivity contribution in [1.29, 1.82) is 0 Å². The predicted molar refractivity (Wildman–Crippen MR) is 112 cm³/mol. The van der Waals surface area contributed by atoms with Gasteiger partial charge in [0.15, 0.2) is 0 Å². The van der Waals surface area contributed by atoms with Crippen LogP contribution in [0.4, 0.5) is 22.7 Å². The molecule has 3 aromatic rings. The van der Waals surface area contributed by atoms with Crippen LogP contribution in [0, 0.1) is 6.92 Å². The SMILES string of the molecule is CC(=O)Nc1ccc(Nc2ccnc(C(=O)Nc3cccc(Cl)c3C)c2)cc1. The zero-order chi connectivity index (χ0) is 20.1. The molecule has 0 saturated carbocycles. The number of pyridine rings is 1. The number of hydrogen-bond acceptors (Lipinski definition) is 4. The molecule has 28 heavy (non-hydrogen) atoms. The maximum Gasteiger partial charge on any atom is 0.274 e. The average molecular weight is 395 g/mol. The van der Waals surface area contributed by atoms with Gasteiger partial charge in [-0.15, -0.1) is 0 Å². The first-order valence-corrected chi connectivity index (χ1v) is 8.97. The third-order valence-electron chi connectivity index (χ3n) is 4.00. The van der Waals surface area contributed by atoms with Crippen LogP contribution in [0.15, 0.2) is 60.8 Å². The molecule has 0 atom stereocenters. The van der Waals surface area contributed by atoms with E-state index in [1.807, 2.05) is 19.1 Å². The van der Waals surface area contributed by atoms with Crippen molar-refractivity contribution in [1.82, 2.24) is 4.98 Å². The Kier molecular flexibility index (Phi) is 5.91. The Labute approximate surface area is 168 Å². The zero-order valence-corrected chi connectivity index (χ0v) is 16.2. The minimum Gasteiger partial charge on any atom is -0.355 e. The van der Waals surface area contributed by atoms with Crippen LogP contribution >= 0.6 is 11.6 Å². The fourth-order valence-corrected chi connectivity index (χ4v) is 2.74. The van der Waals surface area contributed by atoms with Gasteiger partial charge in [-0.3, -0.25) is 14.6 Å². The largest absolute Gasteiger partial charge is 0.355 e. The van der Waals surface area contributed by atoms with Gasteiger partial charge in [0, 0.05) is 40.9 Å². The molecular formula is C21H19ClN4O2. The zero-order valence-electron chi connectivity index (χ0n) is 15.4. The Balaban J connectivity index is 1.72. The number of rotatable bonds is 5. The van der Waals surface area contributed by atoms with Gasteiger partial charge in [0.05, 0.1) is 0 Å². The second-order valence-electron chi connectivity index (χ2n) is 6.18. The maximum atomic E-state index is 12.5. The van der Waals surface area contributed by atoms with E-state index in [1.54, 1.807) is 48.7 Å². The number of hydrogen-bond donors (Lipinski definition) is 3. The number of benzene rings is 2. The molecule has 0 aliphatic carbocycles. The van der Waals surface area contributed by atoms with Crippen LogP contribution in [0.1, 0.15) is 23.0 Å². The third-order valence-corrected chi connectivity index (χ3v) is 4.41. The molecule has 0 aliphatic rings. The summed E-state index contributed by atoms with van der Waals surface area (Å²) in [6.07, 6.45) is 1.56. The number of carbonyl (C=O) groups excluding carboxylic acids is 2. The molecule has 0 fully saturated rings. The molecule has 0 unspecified atom stereocenters. The smallest absolute Gasteiger partial charge is 0.274 e. The lowest BCUT2D eigenvalue weighted by atomic mass is 10.2. The number of nitrogens with zero attached hydrogens (tertiary/aromatic N) is 1. The second kappa shape index (κ2) is 8.54. The maximum absolute atomic E-state index is 12.5. The first-order valence-electron chi connectivity index (χ1n) is 8.59. The quantitative estimate of drug-likeness (QED) is 0.568. The third kappa shape index (κ3) is 4.86. The number of anilines is 4. The predicted octanol–water partition coefficient (Wildman–Crippen LogP) is 5.00. The van der Waals surface area contributed by atoms with E-state index >= 15 is 0 Å². The molecule has 3 N–H and O–H groups in total. The average Bonchev–Trinajstić information content (AvgIpc) is 2.67. The van der Waals surface area contributed by atoms with E-state index in [0.717, 1.165) is 16.9 Å². The van der Waals surface area contributed by atoms with Crippen LogP contribution in [0.2, 0.25) is 5.02 Å². The number of halogens is 1. The molecule has 0 saturated heterocycles. The van der Waals surface area contributed by atoms with E-state index < -0.39 is 0 Å². The van der Waals surface area contributed by atoms with Crippen molar-refractivity contribution in [3.8, 4) is 0 Å². The monoisotopic (exact) mass is 394 g/mol. The molecule has 2 aromatic carbocycles. The van der Waals surface area contributed by atoms with Crippen molar-refractivity contribution < 1.29 is 9.59 Å². The number of aromatic nitrogens is 1. The van der Waals surface area contributed by atoms with E-state index in [2.05, 4.69) is 20.9 Å². The fourth-order valence-electron chi connectivity index (χ4n) is 2.57. The molecule has 142 valence electrons. The lowest BCUT2D eigenvalue weighted by Crippen LogP contribution is -2.14. The molecular weight excluding hydrogens is 376 g/mol. The summed E-state index contributed by atoms with van der Waals surface area (Å²) >= 11 is 6.10. The fraction of sp³-hybridized carbons (Fsp3) is 0.0952. The van der Waals surface area contributed by atoms with Crippen molar-refractivity contribution in [2.24, 2.45) is 0 Å². The van der Waals surface area contributed by atoms with Crippen molar-refractivity contribution in [2.75, 3.05) is 16.0 Å². The standard InChI is InChI=1S/C21H19ClN4O2/c1-13-18(22)4-3-5-19(13)26-21(28)20-12-17(10-11-23-20)25-16-8-6-15(7-9-16)24-14(2)27/h3-12H,1-2H3,(H,23,25)(H,24,27)(H,26,28). The lowest BCUT2D eigenvalue weighted by molar-refractivity contribution is -0.114. The first-order chi connectivity index (χ1) is 13.4. The van der Waals surface area contributed by atoms with E-state index in [1.165, 1.54) is 6.92 Å². The van der Waals surface area contributed by atoms with Crippen LogP contribution in [0.3, 0.4) is 0 Å². The first kappa shape index (κ1) is 19.4. The van der Waals surface area contributed by atoms with E-state index in [9.17, 15) is 9.59 Å². The molecule has 0 aliphatic heterocycles. The van der Waals surface area contributed by atoms with Gasteiger partial charge in [0.1, 0.15) is 5.69 Å². The van der Waals surface area contributed by atoms with Crippen LogP contribution < -0.4 is 16.0 Å². The second-order valence-corrected chi connectivity index (χ2v) is 6.59. The number of nitrogens with one attached hydrogen (secondary N) is 3. The molecule has 0 spiro atoms. The van der Waals surface area contributed by atoms with Crippen molar-refractivity contribution in [2.45, 2.75) is 13.8 Å². The summed E-state index contributed by atoms with van der Waals surface area (Å²) in [6.45, 7) is 3.30. The van der Waals surface area contributed by atoms with Crippen molar-refractivity contribution >= 4 is 46.2 Å². The molecule has 1 aromatic heterocycles. The Hall–Kier alpha value is -3.38. The molecule has 0 bridgehead atoms. The lowest BCUT2D eigenvalue weighted by Gasteiger charge is -2.11. The Morgan fingerprint density at radius 3 is 2.36 bits per heavy atom. The van der Waals surface area contributed by atoms with E-state index in [4.69, 9.17) is 11.6 Å². The Morgan fingerprint density at radius 1 is 0.929 bits per heavy atom. The van der Waals surface area contributed by atoms with Gasteiger partial charge < -0.3 is 16.0 Å². The summed E-state index contributed by atoms with van der Waals surface area (Å²) in [6, 6.07) is 16.0. The minimum absolute atomic E-state index is 0.125. The number of carbonyl (C=O) groups is 2. The van der Waals surface area contributed by atoms with Crippen LogP contribution in [-0.4, -0.2) is 16.8 Å². The highest BCUT2D eigenvalue weighted by molar-refractivity contribution is 6.31. The van der Waals surface area contributed by atoms with Crippen LogP contribution in [0.25, 0.3) is 0 Å². The van der Waals surface area contributed by atoms with Gasteiger partial charge in [0.25, 0.3) is 5.91 Å². The molecule has 0 radical (unpaired) electrons. The van der Waals surface area contributed by atoms with Gasteiger partial charge >= 0.3 is 0 Å². The minimum atomic E-state index is -0.324. The Morgan fingerprint density at radius 2 is 1.64 bits per heavy atom. The van der Waals surface area contributed by atoms with E-state index in [0.29, 0.717) is 16.4 Å². The normalized spacial score (nSPS) is 10.2. The highest BCUT2D eigenvalue weighted by atomic mass is 35.5. The molecule has 6 nitrogen and oxygen atoms in total. The summed E-state index contributed by atoms with van der Waals surface area (Å²) in [5.41, 5.74) is 3.97. The van der Waals surface area contributed by atoms with Crippen molar-refractivity contribution in [3.63, 3.8) is 0 Å². The molecule has 3 rings (SSSR count). The Bertz CT molecular complexity index is 1020. The highest BCUT2D eigenvalue weighted by Gasteiger charge is 2.11. The summed E-state index contributed by atoms with van der Waals surface area (Å²) < 4.78 is 0. The summed E-state index contributed by atoms with van der Waals surface area (Å²) in [7, 11) is 0. The van der Waals surface area contributed by atoms with Crippen molar-refractivity contribution in [3.05, 3.63) is 77.1 Å². The summed E-state index contributed by atoms with van der Waals surface area (Å²) in [5.74, 6) is -0.449. The van der Waals surface area contributed by atoms with Gasteiger partial charge in [0.2, 0.25) is 5.91 Å². The summed E-state index contributed by atoms with van der Waals surface area (Å²) in [5, 5.41) is 9.34. The van der Waals surface area contributed by atoms with Gasteiger partial charge in [-0.05, 0) is 61.0 Å². The van der Waals surface area contributed by atoms with Crippen LogP contribution in [0.5, 0.6) is 0 Å². The molecule has 1 heterocycles. The van der Waals surface area contributed by atoms with Crippen LogP contribution in [-0.2, 0) is 4.79 Å². The molecule has 7 heteroatoms. The van der Waals surface area contributed by atoms with Gasteiger partial charge in [-0.25, -0.2) is 0 Å². The van der Waals surface area contributed by atoms with E-state index in [-0.39, 0.29) is 17.5 Å². The van der Waals surface area contributed by atoms with Gasteiger partial charge in [-0.1, -0.05) is 17.7 Å². The molecule has 2 amide bonds. The number of amides is 2.